The Hall–Kier alpha value is -0.610. The Morgan fingerprint density at radius 3 is 2.29 bits per heavy atom. The van der Waals surface area contributed by atoms with E-state index in [0.29, 0.717) is 6.42 Å². The average molecular weight is 201 g/mol. The van der Waals surface area contributed by atoms with Gasteiger partial charge in [0.25, 0.3) is 0 Å². The fourth-order valence-electron chi connectivity index (χ4n) is 1.18. The molecule has 4 nitrogen and oxygen atoms in total. The van der Waals surface area contributed by atoms with Crippen molar-refractivity contribution in [3.63, 3.8) is 0 Å². The molecule has 0 heterocycles. The standard InChI is InChI=1S/C10H23N3O/c1-9(11)8-10(14)13(4)7-5-6-12(2)3/h9H,5-8,11H2,1-4H3. The van der Waals surface area contributed by atoms with Gasteiger partial charge in [-0.3, -0.25) is 4.79 Å². The predicted molar refractivity (Wildman–Crippen MR) is 59.1 cm³/mol. The van der Waals surface area contributed by atoms with Crippen LogP contribution in [0.5, 0.6) is 0 Å². The molecule has 1 amide bonds. The van der Waals surface area contributed by atoms with Crippen LogP contribution in [0.25, 0.3) is 0 Å². The van der Waals surface area contributed by atoms with Gasteiger partial charge < -0.3 is 15.5 Å². The van der Waals surface area contributed by atoms with Crippen molar-refractivity contribution in [1.82, 2.24) is 9.80 Å². The maximum atomic E-state index is 11.5. The highest BCUT2D eigenvalue weighted by molar-refractivity contribution is 5.76. The van der Waals surface area contributed by atoms with Gasteiger partial charge in [0.15, 0.2) is 0 Å². The summed E-state index contributed by atoms with van der Waals surface area (Å²) < 4.78 is 0. The summed E-state index contributed by atoms with van der Waals surface area (Å²) >= 11 is 0. The topological polar surface area (TPSA) is 49.6 Å². The van der Waals surface area contributed by atoms with Gasteiger partial charge in [0.1, 0.15) is 0 Å². The summed E-state index contributed by atoms with van der Waals surface area (Å²) in [6, 6.07) is -0.0428. The second kappa shape index (κ2) is 6.79. The highest BCUT2D eigenvalue weighted by atomic mass is 16.2. The van der Waals surface area contributed by atoms with Crippen LogP contribution in [0.2, 0.25) is 0 Å². The molecule has 0 rings (SSSR count). The Morgan fingerprint density at radius 1 is 1.29 bits per heavy atom. The first-order chi connectivity index (χ1) is 6.43. The van der Waals surface area contributed by atoms with Crippen LogP contribution in [-0.4, -0.2) is 56.0 Å². The summed E-state index contributed by atoms with van der Waals surface area (Å²) in [7, 11) is 5.90. The molecule has 0 spiro atoms. The lowest BCUT2D eigenvalue weighted by atomic mass is 10.2. The van der Waals surface area contributed by atoms with E-state index < -0.39 is 0 Å². The van der Waals surface area contributed by atoms with Crippen molar-refractivity contribution in [3.05, 3.63) is 0 Å². The summed E-state index contributed by atoms with van der Waals surface area (Å²) in [4.78, 5) is 15.3. The van der Waals surface area contributed by atoms with Crippen LogP contribution in [-0.2, 0) is 4.79 Å². The van der Waals surface area contributed by atoms with Gasteiger partial charge in [-0.05, 0) is 34.0 Å². The monoisotopic (exact) mass is 201 g/mol. The van der Waals surface area contributed by atoms with Crippen LogP contribution >= 0.6 is 0 Å². The molecule has 0 aromatic rings. The first kappa shape index (κ1) is 13.4. The van der Waals surface area contributed by atoms with Gasteiger partial charge >= 0.3 is 0 Å². The summed E-state index contributed by atoms with van der Waals surface area (Å²) in [5.74, 6) is 0.138. The summed E-state index contributed by atoms with van der Waals surface area (Å²) in [5.41, 5.74) is 5.55. The lowest BCUT2D eigenvalue weighted by Crippen LogP contribution is -2.33. The molecule has 4 heteroatoms. The zero-order valence-electron chi connectivity index (χ0n) is 9.79. The van der Waals surface area contributed by atoms with E-state index in [4.69, 9.17) is 5.73 Å². The Kier molecular flexibility index (Phi) is 6.49. The molecule has 0 aromatic heterocycles. The quantitative estimate of drug-likeness (QED) is 0.665. The van der Waals surface area contributed by atoms with Crippen molar-refractivity contribution >= 4 is 5.91 Å². The van der Waals surface area contributed by atoms with E-state index in [9.17, 15) is 4.79 Å². The third-order valence-corrected chi connectivity index (χ3v) is 2.02. The highest BCUT2D eigenvalue weighted by Gasteiger charge is 2.09. The molecule has 0 saturated carbocycles. The number of amides is 1. The molecule has 0 aromatic carbocycles. The van der Waals surface area contributed by atoms with Gasteiger partial charge in [-0.25, -0.2) is 0 Å². The fourth-order valence-corrected chi connectivity index (χ4v) is 1.18. The largest absolute Gasteiger partial charge is 0.346 e. The smallest absolute Gasteiger partial charge is 0.223 e. The van der Waals surface area contributed by atoms with Crippen molar-refractivity contribution in [3.8, 4) is 0 Å². The number of hydrogen-bond donors (Lipinski definition) is 1. The highest BCUT2D eigenvalue weighted by Crippen LogP contribution is 1.96. The maximum Gasteiger partial charge on any atom is 0.223 e. The van der Waals surface area contributed by atoms with Crippen LogP contribution in [0.4, 0.5) is 0 Å². The lowest BCUT2D eigenvalue weighted by molar-refractivity contribution is -0.130. The second-order valence-electron chi connectivity index (χ2n) is 4.15. The van der Waals surface area contributed by atoms with Crippen molar-refractivity contribution in [2.75, 3.05) is 34.2 Å². The number of hydrogen-bond acceptors (Lipinski definition) is 3. The van der Waals surface area contributed by atoms with Gasteiger partial charge in [-0.2, -0.15) is 0 Å². The SMILES string of the molecule is CC(N)CC(=O)N(C)CCCN(C)C. The third-order valence-electron chi connectivity index (χ3n) is 2.02. The van der Waals surface area contributed by atoms with E-state index in [1.54, 1.807) is 4.90 Å². The van der Waals surface area contributed by atoms with Crippen molar-refractivity contribution in [2.45, 2.75) is 25.8 Å². The third kappa shape index (κ3) is 6.86. The Balaban J connectivity index is 3.62. The van der Waals surface area contributed by atoms with Crippen LogP contribution in [0, 0.1) is 0 Å². The predicted octanol–water partition coefficient (Wildman–Crippen LogP) is 0.134. The van der Waals surface area contributed by atoms with Gasteiger partial charge in [-0.1, -0.05) is 0 Å². The van der Waals surface area contributed by atoms with Gasteiger partial charge in [0.05, 0.1) is 0 Å². The molecular weight excluding hydrogens is 178 g/mol. The van der Waals surface area contributed by atoms with Crippen molar-refractivity contribution < 1.29 is 4.79 Å². The number of nitrogens with zero attached hydrogens (tertiary/aromatic N) is 2. The van der Waals surface area contributed by atoms with E-state index in [0.717, 1.165) is 19.5 Å². The zero-order valence-corrected chi connectivity index (χ0v) is 9.79. The van der Waals surface area contributed by atoms with E-state index >= 15 is 0 Å². The minimum Gasteiger partial charge on any atom is -0.346 e. The van der Waals surface area contributed by atoms with Crippen molar-refractivity contribution in [1.29, 1.82) is 0 Å². The zero-order chi connectivity index (χ0) is 11.1. The lowest BCUT2D eigenvalue weighted by Gasteiger charge is -2.19. The van der Waals surface area contributed by atoms with Crippen LogP contribution in [0.1, 0.15) is 19.8 Å². The summed E-state index contributed by atoms with van der Waals surface area (Å²) in [6.07, 6.45) is 1.45. The molecule has 84 valence electrons. The average Bonchev–Trinajstić information content (AvgIpc) is 2.01. The molecule has 0 radical (unpaired) electrons. The summed E-state index contributed by atoms with van der Waals surface area (Å²) in [6.45, 7) is 3.67. The van der Waals surface area contributed by atoms with Gasteiger partial charge in [0, 0.05) is 26.1 Å². The summed E-state index contributed by atoms with van der Waals surface area (Å²) in [5, 5.41) is 0. The second-order valence-corrected chi connectivity index (χ2v) is 4.15. The molecule has 1 unspecified atom stereocenters. The molecule has 0 saturated heterocycles. The van der Waals surface area contributed by atoms with Gasteiger partial charge in [0.2, 0.25) is 5.91 Å². The number of carbonyl (C=O) groups is 1. The maximum absolute atomic E-state index is 11.5. The molecular formula is C10H23N3O. The van der Waals surface area contributed by atoms with E-state index in [2.05, 4.69) is 4.90 Å². The minimum atomic E-state index is -0.0428. The fraction of sp³-hybridized carbons (Fsp3) is 0.900. The molecule has 0 aliphatic heterocycles. The van der Waals surface area contributed by atoms with E-state index in [1.165, 1.54) is 0 Å². The molecule has 2 N–H and O–H groups in total. The van der Waals surface area contributed by atoms with E-state index in [1.807, 2.05) is 28.1 Å². The number of rotatable bonds is 6. The number of carbonyl (C=O) groups excluding carboxylic acids is 1. The molecule has 1 atom stereocenters. The first-order valence-electron chi connectivity index (χ1n) is 5.07. The Labute approximate surface area is 87.0 Å². The van der Waals surface area contributed by atoms with Crippen LogP contribution in [0.15, 0.2) is 0 Å². The molecule has 0 fully saturated rings. The van der Waals surface area contributed by atoms with Crippen molar-refractivity contribution in [2.24, 2.45) is 5.73 Å². The molecule has 14 heavy (non-hydrogen) atoms. The first-order valence-corrected chi connectivity index (χ1v) is 5.07. The Morgan fingerprint density at radius 2 is 1.86 bits per heavy atom. The van der Waals surface area contributed by atoms with Crippen LogP contribution in [0.3, 0.4) is 0 Å². The minimum absolute atomic E-state index is 0.0428. The number of nitrogens with two attached hydrogens (primary N) is 1. The molecule has 0 aliphatic rings. The van der Waals surface area contributed by atoms with Crippen LogP contribution < -0.4 is 5.73 Å². The Bertz CT molecular complexity index is 169. The molecule has 0 bridgehead atoms. The van der Waals surface area contributed by atoms with Gasteiger partial charge in [-0.15, -0.1) is 0 Å². The molecule has 0 aliphatic carbocycles. The normalized spacial score (nSPS) is 13.0. The van der Waals surface area contributed by atoms with E-state index in [-0.39, 0.29) is 11.9 Å².